The molecule has 4 heteroatoms. The van der Waals surface area contributed by atoms with Gasteiger partial charge >= 0.3 is 0 Å². The molecule has 104 valence electrons. The van der Waals surface area contributed by atoms with Crippen LogP contribution in [0, 0.1) is 11.8 Å². The number of benzene rings is 1. The molecule has 0 amide bonds. The molecule has 1 rings (SSSR count). The van der Waals surface area contributed by atoms with Crippen LogP contribution < -0.4 is 19.9 Å². The number of ether oxygens (including phenoxy) is 3. The van der Waals surface area contributed by atoms with Gasteiger partial charge in [0.1, 0.15) is 0 Å². The van der Waals surface area contributed by atoms with E-state index in [9.17, 15) is 0 Å². The second-order valence-electron chi connectivity index (χ2n) is 4.03. The number of rotatable bonds is 6. The summed E-state index contributed by atoms with van der Waals surface area (Å²) < 4.78 is 15.9. The summed E-state index contributed by atoms with van der Waals surface area (Å²) in [7, 11) is 4.77. The Labute approximate surface area is 114 Å². The van der Waals surface area contributed by atoms with Crippen molar-refractivity contribution in [3.05, 3.63) is 17.7 Å². The predicted octanol–water partition coefficient (Wildman–Crippen LogP) is 2.52. The summed E-state index contributed by atoms with van der Waals surface area (Å²) in [4.78, 5) is 0. The van der Waals surface area contributed by atoms with Crippen LogP contribution in [0.15, 0.2) is 12.1 Å². The summed E-state index contributed by atoms with van der Waals surface area (Å²) in [6.45, 7) is 1.82. The molecular weight excluding hydrogens is 242 g/mol. The molecule has 0 spiro atoms. The van der Waals surface area contributed by atoms with Crippen LogP contribution in [-0.4, -0.2) is 21.3 Å². The summed E-state index contributed by atoms with van der Waals surface area (Å²) in [5, 5.41) is 0. The van der Waals surface area contributed by atoms with Gasteiger partial charge in [-0.1, -0.05) is 0 Å². The van der Waals surface area contributed by atoms with Gasteiger partial charge in [0.25, 0.3) is 0 Å². The number of hydrogen-bond donors (Lipinski definition) is 1. The molecule has 0 heterocycles. The zero-order valence-corrected chi connectivity index (χ0v) is 11.9. The molecular formula is C15H21NO3. The van der Waals surface area contributed by atoms with Gasteiger partial charge in [0.2, 0.25) is 5.75 Å². The van der Waals surface area contributed by atoms with Crippen LogP contribution in [0.25, 0.3) is 0 Å². The average molecular weight is 263 g/mol. The predicted molar refractivity (Wildman–Crippen MR) is 75.7 cm³/mol. The fourth-order valence-corrected chi connectivity index (χ4v) is 1.83. The lowest BCUT2D eigenvalue weighted by Crippen LogP contribution is -2.10. The Kier molecular flexibility index (Phi) is 6.04. The van der Waals surface area contributed by atoms with Crippen molar-refractivity contribution >= 4 is 0 Å². The van der Waals surface area contributed by atoms with Crippen LogP contribution >= 0.6 is 0 Å². The lowest BCUT2D eigenvalue weighted by Gasteiger charge is -2.17. The largest absolute Gasteiger partial charge is 0.493 e. The normalized spacial score (nSPS) is 11.2. The molecule has 0 fully saturated rings. The molecule has 2 N–H and O–H groups in total. The summed E-state index contributed by atoms with van der Waals surface area (Å²) in [6.07, 6.45) is 1.56. The smallest absolute Gasteiger partial charge is 0.203 e. The zero-order chi connectivity index (χ0) is 14.3. The molecule has 0 aromatic heterocycles. The Morgan fingerprint density at radius 2 is 1.68 bits per heavy atom. The first-order chi connectivity index (χ1) is 9.17. The summed E-state index contributed by atoms with van der Waals surface area (Å²) in [5.74, 6) is 7.69. The average Bonchev–Trinajstić information content (AvgIpc) is 2.45. The van der Waals surface area contributed by atoms with Crippen molar-refractivity contribution in [2.45, 2.75) is 25.8 Å². The van der Waals surface area contributed by atoms with Crippen LogP contribution in [0.3, 0.4) is 0 Å². The van der Waals surface area contributed by atoms with Crippen molar-refractivity contribution in [1.29, 1.82) is 0 Å². The molecule has 0 aliphatic rings. The Hall–Kier alpha value is -1.86. The van der Waals surface area contributed by atoms with Gasteiger partial charge in [0, 0.05) is 12.5 Å². The van der Waals surface area contributed by atoms with Crippen LogP contribution in [0.1, 0.15) is 31.4 Å². The molecule has 0 radical (unpaired) electrons. The summed E-state index contributed by atoms with van der Waals surface area (Å²) in [6, 6.07) is 3.66. The molecule has 0 aliphatic carbocycles. The van der Waals surface area contributed by atoms with Crippen LogP contribution in [-0.2, 0) is 0 Å². The zero-order valence-electron chi connectivity index (χ0n) is 11.9. The van der Waals surface area contributed by atoms with Crippen molar-refractivity contribution in [2.24, 2.45) is 5.73 Å². The van der Waals surface area contributed by atoms with Crippen molar-refractivity contribution < 1.29 is 14.2 Å². The standard InChI is InChI=1S/C15H21NO3/c1-5-6-7-8-12(16)11-9-13(17-2)15(19-4)14(10-11)18-3/h9-10,12H,7-8,16H2,1-4H3. The molecule has 1 atom stereocenters. The Bertz CT molecular complexity index is 449. The first-order valence-corrected chi connectivity index (χ1v) is 6.13. The van der Waals surface area contributed by atoms with Crippen molar-refractivity contribution in [2.75, 3.05) is 21.3 Å². The molecule has 1 aromatic carbocycles. The second kappa shape index (κ2) is 7.55. The highest BCUT2D eigenvalue weighted by atomic mass is 16.5. The SMILES string of the molecule is CC#CCCC(N)c1cc(OC)c(OC)c(OC)c1. The van der Waals surface area contributed by atoms with Gasteiger partial charge in [0.05, 0.1) is 21.3 Å². The second-order valence-corrected chi connectivity index (χ2v) is 4.03. The lowest BCUT2D eigenvalue weighted by atomic mass is 10.0. The molecule has 0 saturated carbocycles. The van der Waals surface area contributed by atoms with Crippen LogP contribution in [0.2, 0.25) is 0 Å². The fourth-order valence-electron chi connectivity index (χ4n) is 1.83. The van der Waals surface area contributed by atoms with Gasteiger partial charge in [-0.25, -0.2) is 0 Å². The summed E-state index contributed by atoms with van der Waals surface area (Å²) in [5.41, 5.74) is 7.11. The minimum atomic E-state index is -0.102. The van der Waals surface area contributed by atoms with E-state index in [0.29, 0.717) is 17.2 Å². The minimum absolute atomic E-state index is 0.102. The third-order valence-electron chi connectivity index (χ3n) is 2.87. The molecule has 0 aliphatic heterocycles. The van der Waals surface area contributed by atoms with Gasteiger partial charge in [-0.3, -0.25) is 0 Å². The minimum Gasteiger partial charge on any atom is -0.493 e. The number of nitrogens with two attached hydrogens (primary N) is 1. The van der Waals surface area contributed by atoms with Gasteiger partial charge in [0.15, 0.2) is 11.5 Å². The van der Waals surface area contributed by atoms with E-state index in [4.69, 9.17) is 19.9 Å². The molecule has 1 aromatic rings. The first-order valence-electron chi connectivity index (χ1n) is 6.13. The maximum Gasteiger partial charge on any atom is 0.203 e. The third-order valence-corrected chi connectivity index (χ3v) is 2.87. The molecule has 0 bridgehead atoms. The van der Waals surface area contributed by atoms with E-state index in [2.05, 4.69) is 11.8 Å². The molecule has 1 unspecified atom stereocenters. The highest BCUT2D eigenvalue weighted by molar-refractivity contribution is 5.54. The van der Waals surface area contributed by atoms with Gasteiger partial charge in [-0.15, -0.1) is 11.8 Å². The van der Waals surface area contributed by atoms with Gasteiger partial charge in [-0.05, 0) is 31.0 Å². The quantitative estimate of drug-likeness (QED) is 0.801. The molecule has 19 heavy (non-hydrogen) atoms. The van der Waals surface area contributed by atoms with E-state index in [-0.39, 0.29) is 6.04 Å². The van der Waals surface area contributed by atoms with Crippen molar-refractivity contribution in [3.8, 4) is 29.1 Å². The molecule has 4 nitrogen and oxygen atoms in total. The maximum absolute atomic E-state index is 6.15. The highest BCUT2D eigenvalue weighted by Crippen LogP contribution is 2.39. The number of hydrogen-bond acceptors (Lipinski definition) is 4. The van der Waals surface area contributed by atoms with Crippen LogP contribution in [0.4, 0.5) is 0 Å². The highest BCUT2D eigenvalue weighted by Gasteiger charge is 2.16. The maximum atomic E-state index is 6.15. The van der Waals surface area contributed by atoms with Crippen molar-refractivity contribution in [1.82, 2.24) is 0 Å². The van der Waals surface area contributed by atoms with Crippen LogP contribution in [0.5, 0.6) is 17.2 Å². The molecule has 0 saturated heterocycles. The first kappa shape index (κ1) is 15.2. The number of methoxy groups -OCH3 is 3. The van der Waals surface area contributed by atoms with E-state index >= 15 is 0 Å². The van der Waals surface area contributed by atoms with E-state index in [1.54, 1.807) is 21.3 Å². The van der Waals surface area contributed by atoms with E-state index in [1.165, 1.54) is 0 Å². The van der Waals surface area contributed by atoms with Crippen molar-refractivity contribution in [3.63, 3.8) is 0 Å². The topological polar surface area (TPSA) is 53.7 Å². The fraction of sp³-hybridized carbons (Fsp3) is 0.467. The third kappa shape index (κ3) is 3.80. The monoisotopic (exact) mass is 263 g/mol. The van der Waals surface area contributed by atoms with Gasteiger partial charge in [-0.2, -0.15) is 0 Å². The lowest BCUT2D eigenvalue weighted by molar-refractivity contribution is 0.323. The Morgan fingerprint density at radius 3 is 2.11 bits per heavy atom. The van der Waals surface area contributed by atoms with E-state index < -0.39 is 0 Å². The summed E-state index contributed by atoms with van der Waals surface area (Å²) >= 11 is 0. The van der Waals surface area contributed by atoms with E-state index in [1.807, 2.05) is 19.1 Å². The Balaban J connectivity index is 3.03. The Morgan fingerprint density at radius 1 is 1.11 bits per heavy atom. The van der Waals surface area contributed by atoms with Gasteiger partial charge < -0.3 is 19.9 Å². The van der Waals surface area contributed by atoms with E-state index in [0.717, 1.165) is 18.4 Å².